The number of aromatic nitrogens is 8. The number of nitrogens with one attached hydrogen (secondary N) is 2. The fourth-order valence-corrected chi connectivity index (χ4v) is 9.45. The van der Waals surface area contributed by atoms with Crippen LogP contribution in [-0.4, -0.2) is 71.8 Å². The Hall–Kier alpha value is -6.50. The highest BCUT2D eigenvalue weighted by atomic mass is 35.5. The van der Waals surface area contributed by atoms with Crippen molar-refractivity contribution in [2.75, 3.05) is 11.0 Å². The van der Waals surface area contributed by atoms with Crippen molar-refractivity contribution in [1.82, 2.24) is 44.2 Å². The second-order valence-electron chi connectivity index (χ2n) is 16.2. The molecule has 2 N–H and O–H groups in total. The summed E-state index contributed by atoms with van der Waals surface area (Å²) in [6.45, 7) is -2.65. The van der Waals surface area contributed by atoms with Gasteiger partial charge in [-0.1, -0.05) is 17.7 Å². The number of carbonyl (C=O) groups is 1. The molecule has 0 bridgehead atoms. The van der Waals surface area contributed by atoms with Crippen molar-refractivity contribution in [3.63, 3.8) is 0 Å². The molecule has 67 heavy (non-hydrogen) atoms. The van der Waals surface area contributed by atoms with E-state index >= 15 is 13.6 Å². The number of aryl methyl sites for hydroxylation is 1. The van der Waals surface area contributed by atoms with Crippen LogP contribution in [0, 0.1) is 17.6 Å². The van der Waals surface area contributed by atoms with Gasteiger partial charge in [0.25, 0.3) is 17.9 Å². The van der Waals surface area contributed by atoms with E-state index in [9.17, 15) is 48.3 Å². The Bertz CT molecular complexity index is 3340. The minimum absolute atomic E-state index is 0.0158. The summed E-state index contributed by atoms with van der Waals surface area (Å²) in [5, 5.41) is 13.9. The number of nitrogens with zero attached hydrogens (tertiary/aromatic N) is 8. The third-order valence-electron chi connectivity index (χ3n) is 11.5. The van der Waals surface area contributed by atoms with E-state index in [-0.39, 0.29) is 67.1 Å². The molecule has 0 aliphatic heterocycles. The van der Waals surface area contributed by atoms with Crippen molar-refractivity contribution < 1.29 is 57.1 Å². The topological polar surface area (TPSA) is 164 Å². The minimum Gasteiger partial charge on any atom is -0.344 e. The van der Waals surface area contributed by atoms with Gasteiger partial charge in [-0.2, -0.15) is 32.9 Å². The monoisotopic (exact) mass is 984 g/mol. The van der Waals surface area contributed by atoms with E-state index in [1.54, 1.807) is 0 Å². The van der Waals surface area contributed by atoms with Gasteiger partial charge >= 0.3 is 12.3 Å². The lowest BCUT2D eigenvalue weighted by atomic mass is 10.0. The van der Waals surface area contributed by atoms with Gasteiger partial charge < -0.3 is 5.32 Å². The lowest BCUT2D eigenvalue weighted by molar-refractivity contribution is -0.139. The van der Waals surface area contributed by atoms with Gasteiger partial charge in [0.2, 0.25) is 15.9 Å². The Morgan fingerprint density at radius 1 is 1.00 bits per heavy atom. The molecule has 3 atom stereocenters. The second-order valence-corrected chi connectivity index (χ2v) is 18.3. The highest BCUT2D eigenvalue weighted by Gasteiger charge is 2.67. The van der Waals surface area contributed by atoms with Gasteiger partial charge in [-0.15, -0.1) is 0 Å². The summed E-state index contributed by atoms with van der Waals surface area (Å²) in [4.78, 5) is 33.9. The van der Waals surface area contributed by atoms with Crippen molar-refractivity contribution in [3.8, 4) is 16.9 Å². The molecule has 3 aromatic carbocycles. The highest BCUT2D eigenvalue weighted by Crippen LogP contribution is 2.68. The Morgan fingerprint density at radius 3 is 2.39 bits per heavy atom. The maximum atomic E-state index is 15.6. The van der Waals surface area contributed by atoms with Gasteiger partial charge in [0.1, 0.15) is 41.9 Å². The number of anilines is 1. The summed E-state index contributed by atoms with van der Waals surface area (Å²) < 4.78 is 174. The first-order chi connectivity index (χ1) is 31.4. The van der Waals surface area contributed by atoms with Crippen LogP contribution in [0.2, 0.25) is 5.02 Å². The number of carbonyl (C=O) groups excluding carboxylic acids is 1. The van der Waals surface area contributed by atoms with Crippen LogP contribution in [0.4, 0.5) is 49.7 Å². The van der Waals surface area contributed by atoms with Crippen molar-refractivity contribution in [3.05, 3.63) is 116 Å². The lowest BCUT2D eigenvalue weighted by Gasteiger charge is -2.24. The zero-order valence-electron chi connectivity index (χ0n) is 34.3. The average Bonchev–Trinajstić information content (AvgIpc) is 3.44. The van der Waals surface area contributed by atoms with Crippen LogP contribution in [0.25, 0.3) is 38.8 Å². The minimum atomic E-state index is -4.52. The molecular weight excluding hydrogens is 954 g/mol. The van der Waals surface area contributed by atoms with Crippen LogP contribution < -0.4 is 15.6 Å². The number of fused-ring (bicyclic) bond motifs is 5. The van der Waals surface area contributed by atoms with Crippen LogP contribution in [0.15, 0.2) is 65.6 Å². The number of hydrogen-bond donors (Lipinski definition) is 2. The molecule has 0 radical (unpaired) electrons. The third-order valence-corrected chi connectivity index (χ3v) is 12.4. The SMILES string of the molecule is Cn1nc(NS(C)(=O)=O)c2c(Cl)ccc(-n3c([C@H](Cc4cc(F)cc(F)c4)NC(=O)Cn4nc(C(F)F)c5c4C(F)(F)[C@@H]4C[C@H]54)nc4cc(-c5ccnn5CC(F)(F)C(F)F)ccc4c3=O)c21. The molecule has 1 fully saturated rings. The largest absolute Gasteiger partial charge is 0.344 e. The predicted octanol–water partition coefficient (Wildman–Crippen LogP) is 7.78. The fraction of sp³-hybridized carbons (Fsp3) is 0.317. The fourth-order valence-electron chi connectivity index (χ4n) is 8.71. The molecule has 1 amide bonds. The molecule has 7 aromatic rings. The number of hydrogen-bond acceptors (Lipinski definition) is 8. The summed E-state index contributed by atoms with van der Waals surface area (Å²) in [6.07, 6.45) is -6.11. The third kappa shape index (κ3) is 8.14. The number of rotatable bonds is 14. The van der Waals surface area contributed by atoms with Crippen molar-refractivity contribution in [1.29, 1.82) is 0 Å². The molecule has 14 nitrogen and oxygen atoms in total. The summed E-state index contributed by atoms with van der Waals surface area (Å²) in [5.74, 6) is -14.4. The van der Waals surface area contributed by atoms with E-state index in [1.807, 2.05) is 0 Å². The number of sulfonamides is 1. The maximum absolute atomic E-state index is 15.6. The van der Waals surface area contributed by atoms with E-state index in [1.165, 1.54) is 43.4 Å². The molecule has 0 saturated heterocycles. The van der Waals surface area contributed by atoms with E-state index < -0.39 is 112 Å². The summed E-state index contributed by atoms with van der Waals surface area (Å²) in [5.41, 5.74) is -3.74. The molecule has 4 heterocycles. The molecule has 0 unspecified atom stereocenters. The molecule has 2 aliphatic carbocycles. The normalized spacial score (nSPS) is 17.1. The van der Waals surface area contributed by atoms with Crippen LogP contribution >= 0.6 is 11.6 Å². The van der Waals surface area contributed by atoms with Crippen LogP contribution in [-0.2, 0) is 47.3 Å². The summed E-state index contributed by atoms with van der Waals surface area (Å²) >= 11 is 6.59. The Kier molecular flexibility index (Phi) is 11.0. The molecule has 2 aliphatic rings. The molecule has 26 heteroatoms. The van der Waals surface area contributed by atoms with Gasteiger partial charge in [-0.3, -0.25) is 32.9 Å². The lowest BCUT2D eigenvalue weighted by Crippen LogP contribution is -2.38. The first-order valence-electron chi connectivity index (χ1n) is 19.8. The zero-order valence-corrected chi connectivity index (χ0v) is 35.8. The average molecular weight is 985 g/mol. The smallest absolute Gasteiger partial charge is 0.326 e. The molecule has 4 aromatic heterocycles. The molecule has 9 rings (SSSR count). The van der Waals surface area contributed by atoms with E-state index in [0.717, 1.165) is 33.8 Å². The Labute approximate surface area is 375 Å². The molecule has 352 valence electrons. The van der Waals surface area contributed by atoms with E-state index in [0.29, 0.717) is 15.4 Å². The van der Waals surface area contributed by atoms with Gasteiger partial charge in [-0.05, 0) is 60.4 Å². The quantitative estimate of drug-likeness (QED) is 0.104. The first-order valence-corrected chi connectivity index (χ1v) is 22.1. The Morgan fingerprint density at radius 2 is 1.72 bits per heavy atom. The summed E-state index contributed by atoms with van der Waals surface area (Å²) in [6, 6.07) is 8.11. The Balaban J connectivity index is 1.26. The number of halogens is 11. The van der Waals surface area contributed by atoms with Crippen molar-refractivity contribution in [2.24, 2.45) is 13.0 Å². The van der Waals surface area contributed by atoms with Gasteiger partial charge in [0, 0.05) is 42.8 Å². The predicted molar refractivity (Wildman–Crippen MR) is 220 cm³/mol. The van der Waals surface area contributed by atoms with Gasteiger partial charge in [0.15, 0.2) is 5.82 Å². The number of amides is 1. The second kappa shape index (κ2) is 16.1. The molecule has 0 spiro atoms. The van der Waals surface area contributed by atoms with Crippen molar-refractivity contribution >= 4 is 55.2 Å². The van der Waals surface area contributed by atoms with Gasteiger partial charge in [-0.25, -0.2) is 39.7 Å². The van der Waals surface area contributed by atoms with Gasteiger partial charge in [0.05, 0.1) is 50.5 Å². The highest BCUT2D eigenvalue weighted by molar-refractivity contribution is 7.92. The zero-order chi connectivity index (χ0) is 48.2. The van der Waals surface area contributed by atoms with Crippen LogP contribution in [0.1, 0.15) is 53.1 Å². The molecule has 1 saturated carbocycles. The standard InChI is InChI=1S/C41H31ClF10N10O4S/c1-59-33-28(6-5-24(42)31(33)36(57-59)58-67(2,65)66)62-37(55-25-12-18(3-4-21(25)38(62)64)27-7-8-53-61(27)16-40(49,50)39(47)48)26(11-17-9-19(43)13-20(44)10-17)54-29(63)15-60-34-30(32(56-60)35(45)46)22-14-23(22)41(34,51)52/h3-10,12-13,22-23,26,35,39H,11,14-16H2,1-2H3,(H,54,63)(H,57,58)/t22-,23+,26-/m0/s1. The van der Waals surface area contributed by atoms with E-state index in [2.05, 4.69) is 25.3 Å². The van der Waals surface area contributed by atoms with Crippen LogP contribution in [0.5, 0.6) is 0 Å². The summed E-state index contributed by atoms with van der Waals surface area (Å²) in [7, 11) is -2.63. The van der Waals surface area contributed by atoms with Crippen LogP contribution in [0.3, 0.4) is 0 Å². The maximum Gasteiger partial charge on any atom is 0.326 e. The number of alkyl halides is 8. The van der Waals surface area contributed by atoms with Crippen molar-refractivity contribution in [2.45, 2.75) is 62.6 Å². The first kappa shape index (κ1) is 45.6. The van der Waals surface area contributed by atoms with E-state index in [4.69, 9.17) is 16.6 Å². The number of benzene rings is 3. The molecular formula is C41H31ClF10N10O4S.